The zero-order valence-corrected chi connectivity index (χ0v) is 11.2. The molecule has 0 atom stereocenters. The Morgan fingerprint density at radius 1 is 1.37 bits per heavy atom. The van der Waals surface area contributed by atoms with Gasteiger partial charge in [0, 0.05) is 43.6 Å². The molecule has 0 amide bonds. The molecule has 1 aromatic rings. The summed E-state index contributed by atoms with van der Waals surface area (Å²) in [5.74, 6) is 0. The SMILES string of the molecule is CNc1cc(N2CCC(C)(O)CC2)cc([N+](=O)[O-])c1. The van der Waals surface area contributed by atoms with Crippen molar-refractivity contribution in [3.8, 4) is 0 Å². The van der Waals surface area contributed by atoms with Crippen molar-refractivity contribution >= 4 is 17.1 Å². The number of hydrogen-bond acceptors (Lipinski definition) is 5. The highest BCUT2D eigenvalue weighted by Crippen LogP contribution is 2.30. The minimum Gasteiger partial charge on any atom is -0.390 e. The van der Waals surface area contributed by atoms with Crippen LogP contribution in [0.5, 0.6) is 0 Å². The van der Waals surface area contributed by atoms with Crippen LogP contribution in [0.2, 0.25) is 0 Å². The van der Waals surface area contributed by atoms with Crippen LogP contribution in [0.1, 0.15) is 19.8 Å². The van der Waals surface area contributed by atoms with E-state index in [1.807, 2.05) is 13.0 Å². The monoisotopic (exact) mass is 265 g/mol. The van der Waals surface area contributed by atoms with Crippen LogP contribution in [0.4, 0.5) is 17.1 Å². The van der Waals surface area contributed by atoms with E-state index in [0.717, 1.165) is 11.4 Å². The normalized spacial score (nSPS) is 18.2. The first-order valence-electron chi connectivity index (χ1n) is 6.36. The molecular formula is C13H19N3O3. The van der Waals surface area contributed by atoms with E-state index >= 15 is 0 Å². The lowest BCUT2D eigenvalue weighted by Crippen LogP contribution is -2.42. The van der Waals surface area contributed by atoms with Crippen molar-refractivity contribution in [1.29, 1.82) is 0 Å². The molecule has 0 aliphatic carbocycles. The van der Waals surface area contributed by atoms with Gasteiger partial charge in [0.05, 0.1) is 10.5 Å². The molecule has 1 aromatic carbocycles. The Kier molecular flexibility index (Phi) is 3.61. The number of anilines is 2. The Balaban J connectivity index is 2.24. The Bertz CT molecular complexity index is 478. The molecule has 104 valence electrons. The second-order valence-corrected chi connectivity index (χ2v) is 5.23. The molecule has 1 fully saturated rings. The van der Waals surface area contributed by atoms with E-state index in [4.69, 9.17) is 0 Å². The number of nitrogens with zero attached hydrogens (tertiary/aromatic N) is 2. The van der Waals surface area contributed by atoms with Crippen LogP contribution >= 0.6 is 0 Å². The van der Waals surface area contributed by atoms with Gasteiger partial charge < -0.3 is 15.3 Å². The molecule has 0 saturated carbocycles. The quantitative estimate of drug-likeness (QED) is 0.645. The van der Waals surface area contributed by atoms with E-state index in [9.17, 15) is 15.2 Å². The van der Waals surface area contributed by atoms with E-state index < -0.39 is 5.60 Å². The summed E-state index contributed by atoms with van der Waals surface area (Å²) in [7, 11) is 1.74. The maximum Gasteiger partial charge on any atom is 0.273 e. The first-order valence-corrected chi connectivity index (χ1v) is 6.36. The molecule has 0 aromatic heterocycles. The van der Waals surface area contributed by atoms with Crippen LogP contribution in [0.3, 0.4) is 0 Å². The molecule has 6 heteroatoms. The fourth-order valence-electron chi connectivity index (χ4n) is 2.27. The van der Waals surface area contributed by atoms with Crippen molar-refractivity contribution in [2.24, 2.45) is 0 Å². The van der Waals surface area contributed by atoms with Gasteiger partial charge in [-0.05, 0) is 25.8 Å². The lowest BCUT2D eigenvalue weighted by molar-refractivity contribution is -0.384. The molecular weight excluding hydrogens is 246 g/mol. The third-order valence-corrected chi connectivity index (χ3v) is 3.61. The summed E-state index contributed by atoms with van der Waals surface area (Å²) in [4.78, 5) is 12.6. The second kappa shape index (κ2) is 5.05. The van der Waals surface area contributed by atoms with Crippen molar-refractivity contribution < 1.29 is 10.0 Å². The van der Waals surface area contributed by atoms with Crippen molar-refractivity contribution in [3.05, 3.63) is 28.3 Å². The van der Waals surface area contributed by atoms with Gasteiger partial charge in [-0.3, -0.25) is 10.1 Å². The summed E-state index contributed by atoms with van der Waals surface area (Å²) in [5, 5.41) is 23.8. The highest BCUT2D eigenvalue weighted by atomic mass is 16.6. The number of rotatable bonds is 3. The predicted octanol–water partition coefficient (Wildman–Crippen LogP) is 1.99. The fourth-order valence-corrected chi connectivity index (χ4v) is 2.27. The molecule has 0 spiro atoms. The van der Waals surface area contributed by atoms with Gasteiger partial charge in [-0.15, -0.1) is 0 Å². The molecule has 1 saturated heterocycles. The minimum absolute atomic E-state index is 0.0826. The summed E-state index contributed by atoms with van der Waals surface area (Å²) in [6.45, 7) is 3.24. The van der Waals surface area contributed by atoms with Gasteiger partial charge in [-0.2, -0.15) is 0 Å². The molecule has 2 rings (SSSR count). The van der Waals surface area contributed by atoms with Crippen molar-refractivity contribution in [2.75, 3.05) is 30.4 Å². The van der Waals surface area contributed by atoms with Gasteiger partial charge in [0.2, 0.25) is 0 Å². The first-order chi connectivity index (χ1) is 8.91. The van der Waals surface area contributed by atoms with Crippen LogP contribution in [-0.4, -0.2) is 35.8 Å². The minimum atomic E-state index is -0.622. The molecule has 2 N–H and O–H groups in total. The predicted molar refractivity (Wildman–Crippen MR) is 74.7 cm³/mol. The molecule has 19 heavy (non-hydrogen) atoms. The van der Waals surface area contributed by atoms with Gasteiger partial charge in [0.1, 0.15) is 0 Å². The number of benzene rings is 1. The summed E-state index contributed by atoms with van der Waals surface area (Å²) in [6.07, 6.45) is 1.34. The molecule has 0 unspecified atom stereocenters. The van der Waals surface area contributed by atoms with Crippen LogP contribution in [0.25, 0.3) is 0 Å². The summed E-state index contributed by atoms with van der Waals surface area (Å²) in [6, 6.07) is 5.00. The van der Waals surface area contributed by atoms with Crippen molar-refractivity contribution in [1.82, 2.24) is 0 Å². The zero-order valence-electron chi connectivity index (χ0n) is 11.2. The molecule has 1 aliphatic heterocycles. The lowest BCUT2D eigenvalue weighted by Gasteiger charge is -2.37. The summed E-state index contributed by atoms with van der Waals surface area (Å²) in [5.41, 5.74) is 1.01. The average Bonchev–Trinajstić information content (AvgIpc) is 2.38. The number of nitro groups is 1. The maximum absolute atomic E-state index is 10.9. The van der Waals surface area contributed by atoms with Crippen LogP contribution in [-0.2, 0) is 0 Å². The Morgan fingerprint density at radius 2 is 2.00 bits per heavy atom. The highest BCUT2D eigenvalue weighted by molar-refractivity contribution is 5.64. The molecule has 0 radical (unpaired) electrons. The van der Waals surface area contributed by atoms with Gasteiger partial charge in [0.25, 0.3) is 5.69 Å². The number of nitrogens with one attached hydrogen (secondary N) is 1. The van der Waals surface area contributed by atoms with Crippen LogP contribution in [0, 0.1) is 10.1 Å². The summed E-state index contributed by atoms with van der Waals surface area (Å²) < 4.78 is 0. The fraction of sp³-hybridized carbons (Fsp3) is 0.538. The van der Waals surface area contributed by atoms with Gasteiger partial charge >= 0.3 is 0 Å². The van der Waals surface area contributed by atoms with Gasteiger partial charge in [0.15, 0.2) is 0 Å². The van der Waals surface area contributed by atoms with Crippen molar-refractivity contribution in [2.45, 2.75) is 25.4 Å². The standard InChI is InChI=1S/C13H19N3O3/c1-13(17)3-5-15(6-4-13)11-7-10(14-2)8-12(9-11)16(18)19/h7-9,14,17H,3-6H2,1-2H3. The number of aliphatic hydroxyl groups is 1. The van der Waals surface area contributed by atoms with Crippen LogP contribution < -0.4 is 10.2 Å². The van der Waals surface area contributed by atoms with E-state index in [1.54, 1.807) is 13.1 Å². The smallest absolute Gasteiger partial charge is 0.273 e. The zero-order chi connectivity index (χ0) is 14.0. The average molecular weight is 265 g/mol. The number of piperidine rings is 1. The van der Waals surface area contributed by atoms with E-state index in [2.05, 4.69) is 10.2 Å². The summed E-state index contributed by atoms with van der Waals surface area (Å²) >= 11 is 0. The highest BCUT2D eigenvalue weighted by Gasteiger charge is 2.28. The third-order valence-electron chi connectivity index (χ3n) is 3.61. The van der Waals surface area contributed by atoms with E-state index in [1.165, 1.54) is 6.07 Å². The van der Waals surface area contributed by atoms with E-state index in [-0.39, 0.29) is 10.6 Å². The Morgan fingerprint density at radius 3 is 2.53 bits per heavy atom. The van der Waals surface area contributed by atoms with Gasteiger partial charge in [-0.1, -0.05) is 0 Å². The number of hydrogen-bond donors (Lipinski definition) is 2. The molecule has 6 nitrogen and oxygen atoms in total. The second-order valence-electron chi connectivity index (χ2n) is 5.23. The molecule has 1 heterocycles. The lowest BCUT2D eigenvalue weighted by atomic mass is 9.93. The van der Waals surface area contributed by atoms with Crippen molar-refractivity contribution in [3.63, 3.8) is 0 Å². The largest absolute Gasteiger partial charge is 0.390 e. The van der Waals surface area contributed by atoms with Gasteiger partial charge in [-0.25, -0.2) is 0 Å². The topological polar surface area (TPSA) is 78.6 Å². The Labute approximate surface area is 112 Å². The van der Waals surface area contributed by atoms with E-state index in [0.29, 0.717) is 25.9 Å². The molecule has 1 aliphatic rings. The maximum atomic E-state index is 10.9. The van der Waals surface area contributed by atoms with Crippen LogP contribution in [0.15, 0.2) is 18.2 Å². The number of nitro benzene ring substituents is 1. The molecule has 0 bridgehead atoms. The Hall–Kier alpha value is -1.82. The number of non-ortho nitro benzene ring substituents is 1. The third kappa shape index (κ3) is 3.14. The first kappa shape index (κ1) is 13.6.